The van der Waals surface area contributed by atoms with Gasteiger partial charge in [0.05, 0.1) is 23.6 Å². The van der Waals surface area contributed by atoms with Crippen LogP contribution < -0.4 is 11.2 Å². The van der Waals surface area contributed by atoms with Crippen LogP contribution in [0.1, 0.15) is 15.9 Å². The molecular weight excluding hydrogens is 224 g/mol. The van der Waals surface area contributed by atoms with Crippen LogP contribution in [0.4, 0.5) is 0 Å². The number of carbonyl (C=O) groups is 1. The number of methoxy groups -OCH3 is 1. The fourth-order valence-electron chi connectivity index (χ4n) is 1.73. The van der Waals surface area contributed by atoms with Gasteiger partial charge in [0, 0.05) is 0 Å². The number of fused-ring (bicyclic) bond motifs is 1. The van der Waals surface area contributed by atoms with Gasteiger partial charge >= 0.3 is 11.7 Å². The molecular formula is C11H10N2O4. The molecule has 17 heavy (non-hydrogen) atoms. The van der Waals surface area contributed by atoms with Crippen molar-refractivity contribution >= 4 is 16.9 Å². The largest absolute Gasteiger partial charge is 0.465 e. The lowest BCUT2D eigenvalue weighted by Gasteiger charge is -2.06. The predicted octanol–water partition coefficient (Wildman–Crippen LogP) is 0.311. The highest BCUT2D eigenvalue weighted by Gasteiger charge is 2.16. The highest BCUT2D eigenvalue weighted by molar-refractivity contribution is 6.04. The molecule has 2 aromatic rings. The SMILES string of the molecule is COC(=O)c1c(C)ccc2[nH]c(=O)[nH]c(=O)c12. The summed E-state index contributed by atoms with van der Waals surface area (Å²) in [7, 11) is 1.24. The van der Waals surface area contributed by atoms with Gasteiger partial charge in [-0.2, -0.15) is 0 Å². The molecule has 0 atom stereocenters. The summed E-state index contributed by atoms with van der Waals surface area (Å²) in [4.78, 5) is 39.0. The fraction of sp³-hybridized carbons (Fsp3) is 0.182. The Bertz CT molecular complexity index is 711. The Hall–Kier alpha value is -2.37. The van der Waals surface area contributed by atoms with E-state index >= 15 is 0 Å². The second kappa shape index (κ2) is 3.89. The van der Waals surface area contributed by atoms with E-state index in [0.29, 0.717) is 11.1 Å². The maximum Gasteiger partial charge on any atom is 0.339 e. The molecule has 0 amide bonds. The molecule has 0 aliphatic heterocycles. The molecule has 2 rings (SSSR count). The van der Waals surface area contributed by atoms with Crippen molar-refractivity contribution in [1.82, 2.24) is 9.97 Å². The second-order valence-corrected chi connectivity index (χ2v) is 3.58. The molecule has 1 aromatic carbocycles. The van der Waals surface area contributed by atoms with E-state index in [0.717, 1.165) is 0 Å². The summed E-state index contributed by atoms with van der Waals surface area (Å²) in [6, 6.07) is 3.22. The van der Waals surface area contributed by atoms with Crippen LogP contribution in [-0.2, 0) is 4.74 Å². The molecule has 88 valence electrons. The minimum absolute atomic E-state index is 0.136. The Morgan fingerprint density at radius 2 is 1.94 bits per heavy atom. The summed E-state index contributed by atoms with van der Waals surface area (Å²) in [5, 5.41) is 0.136. The second-order valence-electron chi connectivity index (χ2n) is 3.58. The van der Waals surface area contributed by atoms with Crippen molar-refractivity contribution < 1.29 is 9.53 Å². The molecule has 1 heterocycles. The lowest BCUT2D eigenvalue weighted by atomic mass is 10.0. The van der Waals surface area contributed by atoms with Crippen molar-refractivity contribution in [3.63, 3.8) is 0 Å². The van der Waals surface area contributed by atoms with Crippen LogP contribution in [0.3, 0.4) is 0 Å². The maximum atomic E-state index is 11.7. The minimum atomic E-state index is -0.609. The molecule has 0 bridgehead atoms. The summed E-state index contributed by atoms with van der Waals surface area (Å²) in [5.41, 5.74) is -0.121. The summed E-state index contributed by atoms with van der Waals surface area (Å²) in [5.74, 6) is -0.606. The zero-order valence-corrected chi connectivity index (χ0v) is 9.29. The number of hydrogen-bond acceptors (Lipinski definition) is 4. The van der Waals surface area contributed by atoms with Gasteiger partial charge in [-0.15, -0.1) is 0 Å². The number of aromatic nitrogens is 2. The van der Waals surface area contributed by atoms with Crippen LogP contribution in [0.2, 0.25) is 0 Å². The van der Waals surface area contributed by atoms with Crippen molar-refractivity contribution in [2.24, 2.45) is 0 Å². The average Bonchev–Trinajstić information content (AvgIpc) is 2.28. The average molecular weight is 234 g/mol. The molecule has 0 spiro atoms. The molecule has 0 radical (unpaired) electrons. The Kier molecular flexibility index (Phi) is 2.55. The van der Waals surface area contributed by atoms with E-state index in [4.69, 9.17) is 0 Å². The Balaban J connectivity index is 3.00. The molecule has 0 fully saturated rings. The highest BCUT2D eigenvalue weighted by atomic mass is 16.5. The molecule has 0 saturated carbocycles. The van der Waals surface area contributed by atoms with Crippen LogP contribution in [0.5, 0.6) is 0 Å². The molecule has 0 unspecified atom stereocenters. The van der Waals surface area contributed by atoms with E-state index in [1.165, 1.54) is 7.11 Å². The topological polar surface area (TPSA) is 92.0 Å². The number of ether oxygens (including phenoxy) is 1. The highest BCUT2D eigenvalue weighted by Crippen LogP contribution is 2.17. The minimum Gasteiger partial charge on any atom is -0.465 e. The lowest BCUT2D eigenvalue weighted by molar-refractivity contribution is 0.0602. The number of H-pyrrole nitrogens is 2. The van der Waals surface area contributed by atoms with Gasteiger partial charge < -0.3 is 9.72 Å². The van der Waals surface area contributed by atoms with E-state index in [1.54, 1.807) is 19.1 Å². The molecule has 0 aliphatic carbocycles. The third-order valence-electron chi connectivity index (χ3n) is 2.51. The van der Waals surface area contributed by atoms with Crippen LogP contribution >= 0.6 is 0 Å². The quantitative estimate of drug-likeness (QED) is 0.694. The number of benzene rings is 1. The zero-order chi connectivity index (χ0) is 12.6. The number of hydrogen-bond donors (Lipinski definition) is 2. The van der Waals surface area contributed by atoms with Gasteiger partial charge in [-0.25, -0.2) is 9.59 Å². The monoisotopic (exact) mass is 234 g/mol. The Labute approximate surface area is 95.2 Å². The van der Waals surface area contributed by atoms with Gasteiger partial charge in [-0.05, 0) is 18.6 Å². The van der Waals surface area contributed by atoms with Crippen LogP contribution in [0.15, 0.2) is 21.7 Å². The maximum absolute atomic E-state index is 11.7. The third-order valence-corrected chi connectivity index (χ3v) is 2.51. The smallest absolute Gasteiger partial charge is 0.339 e. The zero-order valence-electron chi connectivity index (χ0n) is 9.29. The first-order valence-corrected chi connectivity index (χ1v) is 4.89. The molecule has 2 N–H and O–H groups in total. The van der Waals surface area contributed by atoms with Crippen molar-refractivity contribution in [3.8, 4) is 0 Å². The number of nitrogens with one attached hydrogen (secondary N) is 2. The standard InChI is InChI=1S/C11H10N2O4/c1-5-3-4-6-8(7(5)10(15)17-2)9(14)13-11(16)12-6/h3-4H,1-2H3,(H2,12,13,14,16). The molecule has 0 aliphatic rings. The van der Waals surface area contributed by atoms with Crippen LogP contribution in [-0.4, -0.2) is 23.0 Å². The van der Waals surface area contributed by atoms with Crippen molar-refractivity contribution in [2.45, 2.75) is 6.92 Å². The van der Waals surface area contributed by atoms with Gasteiger partial charge in [0.2, 0.25) is 0 Å². The van der Waals surface area contributed by atoms with E-state index < -0.39 is 17.2 Å². The summed E-state index contributed by atoms with van der Waals surface area (Å²) >= 11 is 0. The van der Waals surface area contributed by atoms with Gasteiger partial charge in [-0.3, -0.25) is 9.78 Å². The van der Waals surface area contributed by atoms with Crippen molar-refractivity contribution in [1.29, 1.82) is 0 Å². The van der Waals surface area contributed by atoms with Crippen molar-refractivity contribution in [2.75, 3.05) is 7.11 Å². The predicted molar refractivity (Wildman–Crippen MR) is 61.3 cm³/mol. The van der Waals surface area contributed by atoms with E-state index in [-0.39, 0.29) is 10.9 Å². The summed E-state index contributed by atoms with van der Waals surface area (Å²) < 4.78 is 4.63. The molecule has 6 heteroatoms. The number of rotatable bonds is 1. The summed E-state index contributed by atoms with van der Waals surface area (Å²) in [6.45, 7) is 1.69. The van der Waals surface area contributed by atoms with Gasteiger partial charge in [0.25, 0.3) is 5.56 Å². The number of aryl methyl sites for hydroxylation is 1. The Morgan fingerprint density at radius 3 is 2.59 bits per heavy atom. The lowest BCUT2D eigenvalue weighted by Crippen LogP contribution is -2.24. The molecule has 6 nitrogen and oxygen atoms in total. The Morgan fingerprint density at radius 1 is 1.24 bits per heavy atom. The van der Waals surface area contributed by atoms with Gasteiger partial charge in [0.1, 0.15) is 0 Å². The van der Waals surface area contributed by atoms with Crippen molar-refractivity contribution in [3.05, 3.63) is 44.1 Å². The van der Waals surface area contributed by atoms with E-state index in [1.807, 2.05) is 0 Å². The van der Waals surface area contributed by atoms with Gasteiger partial charge in [-0.1, -0.05) is 6.07 Å². The van der Waals surface area contributed by atoms with E-state index in [9.17, 15) is 14.4 Å². The van der Waals surface area contributed by atoms with Crippen LogP contribution in [0.25, 0.3) is 10.9 Å². The first kappa shape index (κ1) is 11.1. The summed E-state index contributed by atoms with van der Waals surface area (Å²) in [6.07, 6.45) is 0. The normalized spacial score (nSPS) is 10.5. The van der Waals surface area contributed by atoms with Gasteiger partial charge in [0.15, 0.2) is 0 Å². The third kappa shape index (κ3) is 1.73. The number of aromatic amines is 2. The van der Waals surface area contributed by atoms with Crippen LogP contribution in [0, 0.1) is 6.92 Å². The number of esters is 1. The first-order valence-electron chi connectivity index (χ1n) is 4.89. The fourth-order valence-corrected chi connectivity index (χ4v) is 1.73. The molecule has 0 saturated heterocycles. The van der Waals surface area contributed by atoms with E-state index in [2.05, 4.69) is 14.7 Å². The molecule has 1 aromatic heterocycles. The number of carbonyl (C=O) groups excluding carboxylic acids is 1. The first-order chi connectivity index (χ1) is 8.04.